The molecule has 2 heteroatoms. The quantitative estimate of drug-likeness (QED) is 0.602. The molecule has 0 amide bonds. The van der Waals surface area contributed by atoms with Crippen LogP contribution in [-0.2, 0) is 0 Å². The number of thioether (sulfide) groups is 2. The zero-order valence-electron chi connectivity index (χ0n) is 5.22. The summed E-state index contributed by atoms with van der Waals surface area (Å²) in [4.78, 5) is 0. The highest BCUT2D eigenvalue weighted by Crippen LogP contribution is 2.29. The minimum absolute atomic E-state index is 1.01. The molecule has 1 aliphatic rings. The first-order chi connectivity index (χ1) is 3.93. The van der Waals surface area contributed by atoms with Crippen molar-refractivity contribution >= 4 is 23.5 Å². The van der Waals surface area contributed by atoms with E-state index in [4.69, 9.17) is 0 Å². The predicted molar refractivity (Wildman–Crippen MR) is 43.9 cm³/mol. The first-order valence-corrected chi connectivity index (χ1v) is 5.33. The van der Waals surface area contributed by atoms with Crippen molar-refractivity contribution in [3.63, 3.8) is 0 Å². The lowest BCUT2D eigenvalue weighted by Crippen LogP contribution is -2.20. The molecule has 1 rings (SSSR count). The molecule has 1 saturated heterocycles. The molecule has 0 aromatic carbocycles. The molecule has 0 aromatic heterocycles. The van der Waals surface area contributed by atoms with Gasteiger partial charge in [-0.05, 0) is 12.2 Å². The third kappa shape index (κ3) is 1.90. The molecule has 0 saturated carbocycles. The van der Waals surface area contributed by atoms with Crippen molar-refractivity contribution in [3.8, 4) is 0 Å². The smallest absolute Gasteiger partial charge is 0.0228 e. The van der Waals surface area contributed by atoms with Crippen LogP contribution in [0, 0.1) is 0 Å². The van der Waals surface area contributed by atoms with Gasteiger partial charge in [0.05, 0.1) is 0 Å². The van der Waals surface area contributed by atoms with Gasteiger partial charge in [0.15, 0.2) is 0 Å². The molecule has 48 valence electrons. The van der Waals surface area contributed by atoms with Crippen molar-refractivity contribution in [1.82, 2.24) is 0 Å². The zero-order chi connectivity index (χ0) is 5.82. The average molecular weight is 148 g/mol. The van der Waals surface area contributed by atoms with Gasteiger partial charge in [-0.2, -0.15) is 23.5 Å². The Balaban J connectivity index is 1.86. The Kier molecular flexibility index (Phi) is 3.13. The van der Waals surface area contributed by atoms with Crippen molar-refractivity contribution in [1.29, 1.82) is 0 Å². The number of rotatable bonds is 3. The second kappa shape index (κ2) is 3.67. The van der Waals surface area contributed by atoms with Crippen LogP contribution in [0.25, 0.3) is 0 Å². The fourth-order valence-corrected chi connectivity index (χ4v) is 2.94. The third-order valence-electron chi connectivity index (χ3n) is 1.17. The van der Waals surface area contributed by atoms with Crippen LogP contribution >= 0.6 is 23.5 Å². The Hall–Kier alpha value is 0.700. The van der Waals surface area contributed by atoms with E-state index in [2.05, 4.69) is 30.4 Å². The lowest BCUT2D eigenvalue weighted by molar-refractivity contribution is 1.05. The summed E-state index contributed by atoms with van der Waals surface area (Å²) in [6.07, 6.45) is 1.34. The average Bonchev–Trinajstić information content (AvgIpc) is 1.63. The van der Waals surface area contributed by atoms with E-state index in [9.17, 15) is 0 Å². The molecule has 0 aromatic rings. The van der Waals surface area contributed by atoms with Gasteiger partial charge in [0, 0.05) is 16.8 Å². The lowest BCUT2D eigenvalue weighted by atomic mass is 10.5. The van der Waals surface area contributed by atoms with Crippen LogP contribution in [0.15, 0.2) is 0 Å². The van der Waals surface area contributed by atoms with Crippen LogP contribution in [0.1, 0.15) is 13.3 Å². The van der Waals surface area contributed by atoms with Gasteiger partial charge in [0.25, 0.3) is 0 Å². The third-order valence-corrected chi connectivity index (χ3v) is 4.31. The van der Waals surface area contributed by atoms with E-state index in [0.717, 1.165) is 5.25 Å². The summed E-state index contributed by atoms with van der Waals surface area (Å²) in [5.41, 5.74) is 0. The Morgan fingerprint density at radius 2 is 2.38 bits per heavy atom. The maximum absolute atomic E-state index is 2.25. The fourth-order valence-electron chi connectivity index (χ4n) is 0.595. The van der Waals surface area contributed by atoms with Gasteiger partial charge >= 0.3 is 0 Å². The van der Waals surface area contributed by atoms with Crippen LogP contribution in [0.5, 0.6) is 0 Å². The van der Waals surface area contributed by atoms with E-state index in [0.29, 0.717) is 0 Å². The predicted octanol–water partition coefficient (Wildman–Crippen LogP) is 2.25. The topological polar surface area (TPSA) is 0 Å². The minimum atomic E-state index is 1.01. The standard InChI is InChI=1S/C6H12S2/c1-2-3-8-6-4-7-5-6/h6H,2-5H2,1H3. The molecule has 1 aliphatic heterocycles. The zero-order valence-corrected chi connectivity index (χ0v) is 6.86. The second-order valence-corrected chi connectivity index (χ2v) is 4.51. The van der Waals surface area contributed by atoms with Gasteiger partial charge < -0.3 is 0 Å². The summed E-state index contributed by atoms with van der Waals surface area (Å²) in [7, 11) is 0. The first-order valence-electron chi connectivity index (χ1n) is 3.13. The Morgan fingerprint density at radius 3 is 2.75 bits per heavy atom. The van der Waals surface area contributed by atoms with Crippen molar-refractivity contribution in [2.45, 2.75) is 18.6 Å². The fraction of sp³-hybridized carbons (Fsp3) is 1.00. The molecule has 0 bridgehead atoms. The van der Waals surface area contributed by atoms with Crippen molar-refractivity contribution in [3.05, 3.63) is 0 Å². The maximum atomic E-state index is 2.25. The van der Waals surface area contributed by atoms with Crippen molar-refractivity contribution in [2.75, 3.05) is 17.3 Å². The minimum Gasteiger partial charge on any atom is -0.160 e. The van der Waals surface area contributed by atoms with Crippen LogP contribution in [0.3, 0.4) is 0 Å². The van der Waals surface area contributed by atoms with E-state index in [1.165, 1.54) is 23.7 Å². The maximum Gasteiger partial charge on any atom is 0.0228 e. The molecule has 0 radical (unpaired) electrons. The summed E-state index contributed by atoms with van der Waals surface area (Å²) in [6.45, 7) is 2.25. The summed E-state index contributed by atoms with van der Waals surface area (Å²) < 4.78 is 0. The highest BCUT2D eigenvalue weighted by molar-refractivity contribution is 8.07. The van der Waals surface area contributed by atoms with Crippen LogP contribution < -0.4 is 0 Å². The molecule has 0 N–H and O–H groups in total. The molecular weight excluding hydrogens is 136 g/mol. The summed E-state index contributed by atoms with van der Waals surface area (Å²) in [5, 5.41) is 1.01. The molecule has 0 aliphatic carbocycles. The van der Waals surface area contributed by atoms with Gasteiger partial charge in [0.2, 0.25) is 0 Å². The Bertz CT molecular complexity index is 59.5. The molecule has 1 fully saturated rings. The molecule has 0 nitrogen and oxygen atoms in total. The summed E-state index contributed by atoms with van der Waals surface area (Å²) in [6, 6.07) is 0. The van der Waals surface area contributed by atoms with Crippen molar-refractivity contribution in [2.24, 2.45) is 0 Å². The van der Waals surface area contributed by atoms with E-state index >= 15 is 0 Å². The van der Waals surface area contributed by atoms with Gasteiger partial charge in [-0.1, -0.05) is 6.92 Å². The van der Waals surface area contributed by atoms with Crippen molar-refractivity contribution < 1.29 is 0 Å². The van der Waals surface area contributed by atoms with E-state index < -0.39 is 0 Å². The summed E-state index contributed by atoms with van der Waals surface area (Å²) in [5.74, 6) is 4.18. The summed E-state index contributed by atoms with van der Waals surface area (Å²) >= 11 is 4.22. The molecule has 0 spiro atoms. The highest BCUT2D eigenvalue weighted by atomic mass is 32.2. The molecule has 1 heterocycles. The van der Waals surface area contributed by atoms with E-state index in [1.54, 1.807) is 0 Å². The normalized spacial score (nSPS) is 20.6. The molecule has 8 heavy (non-hydrogen) atoms. The Morgan fingerprint density at radius 1 is 1.62 bits per heavy atom. The Labute approximate surface area is 59.8 Å². The number of hydrogen-bond acceptors (Lipinski definition) is 2. The molecule has 0 unspecified atom stereocenters. The SMILES string of the molecule is CCCSC1CSC1. The van der Waals surface area contributed by atoms with Crippen LogP contribution in [0.2, 0.25) is 0 Å². The monoisotopic (exact) mass is 148 g/mol. The van der Waals surface area contributed by atoms with Gasteiger partial charge in [-0.15, -0.1) is 0 Å². The van der Waals surface area contributed by atoms with Crippen LogP contribution in [-0.4, -0.2) is 22.5 Å². The van der Waals surface area contributed by atoms with Gasteiger partial charge in [-0.3, -0.25) is 0 Å². The van der Waals surface area contributed by atoms with Crippen LogP contribution in [0.4, 0.5) is 0 Å². The lowest BCUT2D eigenvalue weighted by Gasteiger charge is -2.23. The number of hydrogen-bond donors (Lipinski definition) is 0. The first kappa shape index (κ1) is 6.81. The van der Waals surface area contributed by atoms with Gasteiger partial charge in [-0.25, -0.2) is 0 Å². The second-order valence-electron chi connectivity index (χ2n) is 2.03. The van der Waals surface area contributed by atoms with E-state index in [-0.39, 0.29) is 0 Å². The van der Waals surface area contributed by atoms with Gasteiger partial charge in [0.1, 0.15) is 0 Å². The largest absolute Gasteiger partial charge is 0.160 e. The van der Waals surface area contributed by atoms with E-state index in [1.807, 2.05) is 0 Å². The molecule has 0 atom stereocenters. The highest BCUT2D eigenvalue weighted by Gasteiger charge is 2.16. The molecular formula is C6H12S2.